The number of nitrogens with zero attached hydrogens (tertiary/aromatic N) is 2. The molecule has 1 saturated heterocycles. The van der Waals surface area contributed by atoms with E-state index in [0.29, 0.717) is 17.0 Å². The monoisotopic (exact) mass is 530 g/mol. The van der Waals surface area contributed by atoms with Gasteiger partial charge in [0.05, 0.1) is 11.4 Å². The molecular formula is C27H19BrN2O3S. The van der Waals surface area contributed by atoms with Crippen LogP contribution in [0.15, 0.2) is 94.4 Å². The first-order valence-electron chi connectivity index (χ1n) is 10.7. The summed E-state index contributed by atoms with van der Waals surface area (Å²) in [4.78, 5) is 39.5. The SMILES string of the molecule is O=C(CN1C(=O)S/C(=C\c2cn(Cc3ccccc3)c3ccc(Br)cc23)C1=O)c1ccccc1. The predicted octanol–water partition coefficient (Wildman–Crippen LogP) is 6.37. The molecule has 0 saturated carbocycles. The molecule has 1 aromatic heterocycles. The van der Waals surface area contributed by atoms with Crippen molar-refractivity contribution in [3.8, 4) is 0 Å². The third-order valence-electron chi connectivity index (χ3n) is 5.63. The van der Waals surface area contributed by atoms with Gasteiger partial charge in [0.25, 0.3) is 11.1 Å². The van der Waals surface area contributed by atoms with E-state index in [4.69, 9.17) is 0 Å². The van der Waals surface area contributed by atoms with Crippen LogP contribution >= 0.6 is 27.7 Å². The van der Waals surface area contributed by atoms with Crippen LogP contribution in [0.4, 0.5) is 4.79 Å². The van der Waals surface area contributed by atoms with Crippen LogP contribution in [0, 0.1) is 0 Å². The van der Waals surface area contributed by atoms with E-state index in [9.17, 15) is 14.4 Å². The van der Waals surface area contributed by atoms with Gasteiger partial charge in [0.15, 0.2) is 5.78 Å². The molecule has 0 bridgehead atoms. The fourth-order valence-corrected chi connectivity index (χ4v) is 5.15. The Labute approximate surface area is 209 Å². The zero-order chi connectivity index (χ0) is 23.7. The molecule has 0 aliphatic carbocycles. The molecule has 1 aliphatic heterocycles. The Bertz CT molecular complexity index is 1450. The lowest BCUT2D eigenvalue weighted by atomic mass is 10.1. The lowest BCUT2D eigenvalue weighted by Gasteiger charge is -2.11. The lowest BCUT2D eigenvalue weighted by Crippen LogP contribution is -2.33. The minimum Gasteiger partial charge on any atom is -0.342 e. The largest absolute Gasteiger partial charge is 0.342 e. The highest BCUT2D eigenvalue weighted by molar-refractivity contribution is 9.10. The van der Waals surface area contributed by atoms with Crippen molar-refractivity contribution < 1.29 is 14.4 Å². The Morgan fingerprint density at radius 3 is 2.38 bits per heavy atom. The molecule has 0 atom stereocenters. The average Bonchev–Trinajstić information content (AvgIpc) is 3.31. The van der Waals surface area contributed by atoms with Gasteiger partial charge in [-0.2, -0.15) is 0 Å². The number of benzene rings is 3. The first kappa shape index (κ1) is 22.4. The summed E-state index contributed by atoms with van der Waals surface area (Å²) in [5, 5.41) is 0.534. The van der Waals surface area contributed by atoms with Gasteiger partial charge in [-0.15, -0.1) is 0 Å². The van der Waals surface area contributed by atoms with Crippen molar-refractivity contribution in [2.45, 2.75) is 6.54 Å². The molecule has 7 heteroatoms. The van der Waals surface area contributed by atoms with Gasteiger partial charge < -0.3 is 4.57 Å². The fourth-order valence-electron chi connectivity index (χ4n) is 3.96. The zero-order valence-electron chi connectivity index (χ0n) is 18.0. The summed E-state index contributed by atoms with van der Waals surface area (Å²) in [5.41, 5.74) is 3.50. The van der Waals surface area contributed by atoms with Crippen LogP contribution in [0.1, 0.15) is 21.5 Å². The lowest BCUT2D eigenvalue weighted by molar-refractivity contribution is -0.122. The maximum absolute atomic E-state index is 13.0. The van der Waals surface area contributed by atoms with Crippen LogP contribution in [-0.2, 0) is 11.3 Å². The maximum atomic E-state index is 13.0. The molecule has 3 aromatic carbocycles. The van der Waals surface area contributed by atoms with Crippen LogP contribution in [0.2, 0.25) is 0 Å². The van der Waals surface area contributed by atoms with Gasteiger partial charge >= 0.3 is 0 Å². The second-order valence-corrected chi connectivity index (χ2v) is 9.83. The van der Waals surface area contributed by atoms with Crippen LogP contribution in [-0.4, -0.2) is 32.9 Å². The molecule has 34 heavy (non-hydrogen) atoms. The van der Waals surface area contributed by atoms with Crippen molar-refractivity contribution in [3.05, 3.63) is 111 Å². The Hall–Kier alpha value is -3.42. The molecule has 0 spiro atoms. The van der Waals surface area contributed by atoms with E-state index < -0.39 is 11.1 Å². The van der Waals surface area contributed by atoms with E-state index >= 15 is 0 Å². The standard InChI is InChI=1S/C27H19BrN2O3S/c28-21-11-12-23-22(14-21)20(16-29(23)15-18-7-3-1-4-8-18)13-25-26(32)30(27(33)34-25)17-24(31)19-9-5-2-6-10-19/h1-14,16H,15,17H2/b25-13-. The molecule has 0 unspecified atom stereocenters. The van der Waals surface area contributed by atoms with Crippen LogP contribution in [0.3, 0.4) is 0 Å². The number of rotatable bonds is 6. The van der Waals surface area contributed by atoms with Gasteiger partial charge in [0.1, 0.15) is 0 Å². The van der Waals surface area contributed by atoms with E-state index in [2.05, 4.69) is 32.6 Å². The van der Waals surface area contributed by atoms with Crippen LogP contribution < -0.4 is 0 Å². The molecule has 1 aliphatic rings. The number of fused-ring (bicyclic) bond motifs is 1. The molecule has 5 rings (SSSR count). The summed E-state index contributed by atoms with van der Waals surface area (Å²) >= 11 is 4.40. The van der Waals surface area contributed by atoms with E-state index in [-0.39, 0.29) is 12.3 Å². The highest BCUT2D eigenvalue weighted by Gasteiger charge is 2.36. The summed E-state index contributed by atoms with van der Waals surface area (Å²) in [6.07, 6.45) is 3.74. The van der Waals surface area contributed by atoms with Gasteiger partial charge in [0, 0.05) is 39.2 Å². The van der Waals surface area contributed by atoms with E-state index in [0.717, 1.165) is 43.2 Å². The number of aromatic nitrogens is 1. The number of hydrogen-bond donors (Lipinski definition) is 0. The van der Waals surface area contributed by atoms with Crippen molar-refractivity contribution in [3.63, 3.8) is 0 Å². The molecule has 2 heterocycles. The molecule has 0 radical (unpaired) electrons. The third kappa shape index (κ3) is 4.49. The van der Waals surface area contributed by atoms with E-state index in [1.807, 2.05) is 48.7 Å². The fraction of sp³-hybridized carbons (Fsp3) is 0.0741. The quantitative estimate of drug-likeness (QED) is 0.214. The number of amides is 2. The molecule has 2 amide bonds. The number of halogens is 1. The summed E-state index contributed by atoms with van der Waals surface area (Å²) in [6.45, 7) is 0.410. The summed E-state index contributed by atoms with van der Waals surface area (Å²) in [5.74, 6) is -0.717. The topological polar surface area (TPSA) is 59.4 Å². The van der Waals surface area contributed by atoms with Crippen molar-refractivity contribution >= 4 is 61.6 Å². The molecule has 0 N–H and O–H groups in total. The number of hydrogen-bond acceptors (Lipinski definition) is 4. The number of imide groups is 1. The predicted molar refractivity (Wildman–Crippen MR) is 139 cm³/mol. The van der Waals surface area contributed by atoms with Crippen molar-refractivity contribution in [2.24, 2.45) is 0 Å². The van der Waals surface area contributed by atoms with E-state index in [1.165, 1.54) is 0 Å². The molecule has 5 nitrogen and oxygen atoms in total. The molecule has 168 valence electrons. The maximum Gasteiger partial charge on any atom is 0.293 e. The highest BCUT2D eigenvalue weighted by Crippen LogP contribution is 2.35. The van der Waals surface area contributed by atoms with Gasteiger partial charge in [-0.1, -0.05) is 76.6 Å². The molecule has 1 fully saturated rings. The number of carbonyl (C=O) groups is 3. The number of ketones is 1. The number of carbonyl (C=O) groups excluding carboxylic acids is 3. The van der Waals surface area contributed by atoms with Gasteiger partial charge in [-0.25, -0.2) is 0 Å². The second-order valence-electron chi connectivity index (χ2n) is 7.92. The first-order valence-corrected chi connectivity index (χ1v) is 12.3. The second kappa shape index (κ2) is 9.44. The third-order valence-corrected chi connectivity index (χ3v) is 7.03. The average molecular weight is 531 g/mol. The van der Waals surface area contributed by atoms with E-state index in [1.54, 1.807) is 30.3 Å². The summed E-state index contributed by atoms with van der Waals surface area (Å²) in [6, 6.07) is 24.8. The Kier molecular flexibility index (Phi) is 6.22. The zero-order valence-corrected chi connectivity index (χ0v) is 20.4. The van der Waals surface area contributed by atoms with Crippen molar-refractivity contribution in [1.82, 2.24) is 9.47 Å². The minimum absolute atomic E-state index is 0.271. The normalized spacial score (nSPS) is 15.0. The first-order chi connectivity index (χ1) is 16.5. The minimum atomic E-state index is -0.446. The molecule has 4 aromatic rings. The number of Topliss-reactive ketones (excluding diaryl/α,β-unsaturated/α-hetero) is 1. The Balaban J connectivity index is 1.46. The Morgan fingerprint density at radius 1 is 0.941 bits per heavy atom. The van der Waals surface area contributed by atoms with Crippen molar-refractivity contribution in [2.75, 3.05) is 6.54 Å². The van der Waals surface area contributed by atoms with Gasteiger partial charge in [-0.3, -0.25) is 19.3 Å². The van der Waals surface area contributed by atoms with Gasteiger partial charge in [-0.05, 0) is 41.6 Å². The summed E-state index contributed by atoms with van der Waals surface area (Å²) < 4.78 is 3.06. The van der Waals surface area contributed by atoms with Crippen molar-refractivity contribution in [1.29, 1.82) is 0 Å². The smallest absolute Gasteiger partial charge is 0.293 e. The Morgan fingerprint density at radius 2 is 1.65 bits per heavy atom. The molecular weight excluding hydrogens is 512 g/mol. The van der Waals surface area contributed by atoms with Crippen LogP contribution in [0.25, 0.3) is 17.0 Å². The number of thioether (sulfide) groups is 1. The van der Waals surface area contributed by atoms with Crippen LogP contribution in [0.5, 0.6) is 0 Å². The highest BCUT2D eigenvalue weighted by atomic mass is 79.9. The summed E-state index contributed by atoms with van der Waals surface area (Å²) in [7, 11) is 0. The van der Waals surface area contributed by atoms with Gasteiger partial charge in [0.2, 0.25) is 0 Å².